The van der Waals surface area contributed by atoms with Crippen molar-refractivity contribution in [1.29, 1.82) is 0 Å². The minimum atomic E-state index is -0.363. The monoisotopic (exact) mass is 374 g/mol. The van der Waals surface area contributed by atoms with Crippen LogP contribution in [0.15, 0.2) is 42.5 Å². The van der Waals surface area contributed by atoms with Gasteiger partial charge in [-0.15, -0.1) is 0 Å². The summed E-state index contributed by atoms with van der Waals surface area (Å²) in [6, 6.07) is 12.0. The zero-order valence-electron chi connectivity index (χ0n) is 14.4. The smallest absolute Gasteiger partial charge is 0.228 e. The average molecular weight is 375 g/mol. The van der Waals surface area contributed by atoms with Crippen LogP contribution in [0.3, 0.4) is 0 Å². The van der Waals surface area contributed by atoms with Gasteiger partial charge in [0, 0.05) is 16.8 Å². The molecule has 0 bridgehead atoms. The van der Waals surface area contributed by atoms with Gasteiger partial charge in [-0.1, -0.05) is 11.6 Å². The van der Waals surface area contributed by atoms with Crippen LogP contribution < -0.4 is 20.1 Å². The molecule has 2 aromatic rings. The standard InChI is InChI=1S/C19H19ClN2O4/c1-25-13-7-8-17(26-2)16(9-13)22-19(24)15-10-14(15)18(23)21-12-5-3-11(20)4-6-12/h3-9,14-15H,10H2,1-2H3,(H,21,23)(H,22,24). The molecule has 0 heterocycles. The van der Waals surface area contributed by atoms with E-state index in [9.17, 15) is 9.59 Å². The Hall–Kier alpha value is -2.73. The SMILES string of the molecule is COc1ccc(OC)c(NC(=O)C2CC2C(=O)Nc2ccc(Cl)cc2)c1. The summed E-state index contributed by atoms with van der Waals surface area (Å²) in [6.07, 6.45) is 0.511. The number of nitrogens with one attached hydrogen (secondary N) is 2. The van der Waals surface area contributed by atoms with E-state index in [1.807, 2.05) is 0 Å². The highest BCUT2D eigenvalue weighted by molar-refractivity contribution is 6.30. The fourth-order valence-corrected chi connectivity index (χ4v) is 2.81. The number of ether oxygens (including phenoxy) is 2. The fourth-order valence-electron chi connectivity index (χ4n) is 2.68. The van der Waals surface area contributed by atoms with Crippen LogP contribution in [-0.2, 0) is 9.59 Å². The maximum Gasteiger partial charge on any atom is 0.228 e. The quantitative estimate of drug-likeness (QED) is 0.810. The summed E-state index contributed by atoms with van der Waals surface area (Å²) in [4.78, 5) is 24.7. The van der Waals surface area contributed by atoms with Crippen molar-refractivity contribution in [2.24, 2.45) is 11.8 Å². The predicted molar refractivity (Wildman–Crippen MR) is 99.9 cm³/mol. The zero-order valence-corrected chi connectivity index (χ0v) is 15.2. The van der Waals surface area contributed by atoms with Gasteiger partial charge >= 0.3 is 0 Å². The molecule has 0 aromatic heterocycles. The number of methoxy groups -OCH3 is 2. The molecule has 1 aliphatic carbocycles. The molecule has 3 rings (SSSR count). The van der Waals surface area contributed by atoms with E-state index in [1.165, 1.54) is 7.11 Å². The summed E-state index contributed by atoms with van der Waals surface area (Å²) in [5.74, 6) is 0.0364. The van der Waals surface area contributed by atoms with E-state index in [-0.39, 0.29) is 23.7 Å². The van der Waals surface area contributed by atoms with Crippen LogP contribution in [0.1, 0.15) is 6.42 Å². The van der Waals surface area contributed by atoms with Crippen LogP contribution >= 0.6 is 11.6 Å². The first-order chi connectivity index (χ1) is 12.5. The molecule has 2 N–H and O–H groups in total. The lowest BCUT2D eigenvalue weighted by Gasteiger charge is -2.11. The Labute approximate surface area is 156 Å². The molecule has 2 amide bonds. The minimum Gasteiger partial charge on any atom is -0.497 e. The second kappa shape index (κ2) is 7.66. The van der Waals surface area contributed by atoms with Crippen molar-refractivity contribution in [3.63, 3.8) is 0 Å². The summed E-state index contributed by atoms with van der Waals surface area (Å²) in [5, 5.41) is 6.21. The summed E-state index contributed by atoms with van der Waals surface area (Å²) in [7, 11) is 3.07. The Kier molecular flexibility index (Phi) is 5.32. The van der Waals surface area contributed by atoms with Crippen molar-refractivity contribution in [1.82, 2.24) is 0 Å². The largest absolute Gasteiger partial charge is 0.497 e. The van der Waals surface area contributed by atoms with Gasteiger partial charge in [-0.25, -0.2) is 0 Å². The Morgan fingerprint density at radius 3 is 2.23 bits per heavy atom. The second-order valence-electron chi connectivity index (χ2n) is 6.00. The van der Waals surface area contributed by atoms with Crippen LogP contribution in [0, 0.1) is 11.8 Å². The summed E-state index contributed by atoms with van der Waals surface area (Å²) in [5.41, 5.74) is 1.17. The lowest BCUT2D eigenvalue weighted by molar-refractivity contribution is -0.122. The molecule has 2 aromatic carbocycles. The summed E-state index contributed by atoms with van der Waals surface area (Å²) in [6.45, 7) is 0. The van der Waals surface area contributed by atoms with Crippen LogP contribution in [-0.4, -0.2) is 26.0 Å². The molecule has 1 aliphatic rings. The van der Waals surface area contributed by atoms with Crippen LogP contribution in [0.2, 0.25) is 5.02 Å². The van der Waals surface area contributed by atoms with Gasteiger partial charge < -0.3 is 20.1 Å². The number of halogens is 1. The molecule has 1 saturated carbocycles. The predicted octanol–water partition coefficient (Wildman–Crippen LogP) is 3.57. The third-order valence-electron chi connectivity index (χ3n) is 4.24. The highest BCUT2D eigenvalue weighted by atomic mass is 35.5. The second-order valence-corrected chi connectivity index (χ2v) is 6.44. The molecule has 0 spiro atoms. The topological polar surface area (TPSA) is 76.7 Å². The van der Waals surface area contributed by atoms with Gasteiger partial charge in [-0.3, -0.25) is 9.59 Å². The van der Waals surface area contributed by atoms with Gasteiger partial charge in [0.25, 0.3) is 0 Å². The first-order valence-electron chi connectivity index (χ1n) is 8.11. The Bertz CT molecular complexity index is 823. The normalized spacial score (nSPS) is 18.0. The molecule has 6 nitrogen and oxygen atoms in total. The molecule has 0 radical (unpaired) electrons. The van der Waals surface area contributed by atoms with E-state index in [0.29, 0.717) is 34.3 Å². The average Bonchev–Trinajstić information content (AvgIpc) is 3.44. The number of rotatable bonds is 6. The van der Waals surface area contributed by atoms with E-state index in [4.69, 9.17) is 21.1 Å². The van der Waals surface area contributed by atoms with Crippen LogP contribution in [0.25, 0.3) is 0 Å². The highest BCUT2D eigenvalue weighted by Crippen LogP contribution is 2.41. The number of anilines is 2. The molecule has 26 heavy (non-hydrogen) atoms. The third kappa shape index (κ3) is 4.08. The zero-order chi connectivity index (χ0) is 18.7. The summed E-state index contributed by atoms with van der Waals surface area (Å²) >= 11 is 5.83. The molecular weight excluding hydrogens is 356 g/mol. The third-order valence-corrected chi connectivity index (χ3v) is 4.49. The number of amides is 2. The van der Waals surface area contributed by atoms with Gasteiger partial charge in [0.1, 0.15) is 11.5 Å². The van der Waals surface area contributed by atoms with Crippen molar-refractivity contribution >= 4 is 34.8 Å². The minimum absolute atomic E-state index is 0.176. The number of hydrogen-bond donors (Lipinski definition) is 2. The van der Waals surface area contributed by atoms with Gasteiger partial charge in [0.15, 0.2) is 0 Å². The van der Waals surface area contributed by atoms with E-state index < -0.39 is 0 Å². The first-order valence-corrected chi connectivity index (χ1v) is 8.49. The van der Waals surface area contributed by atoms with Crippen molar-refractivity contribution in [2.75, 3.05) is 24.9 Å². The molecule has 0 saturated heterocycles. The molecule has 2 unspecified atom stereocenters. The van der Waals surface area contributed by atoms with Gasteiger partial charge in [0.2, 0.25) is 11.8 Å². The van der Waals surface area contributed by atoms with Crippen molar-refractivity contribution < 1.29 is 19.1 Å². The van der Waals surface area contributed by atoms with Gasteiger partial charge in [-0.2, -0.15) is 0 Å². The Morgan fingerprint density at radius 2 is 1.62 bits per heavy atom. The van der Waals surface area contributed by atoms with Crippen molar-refractivity contribution in [3.05, 3.63) is 47.5 Å². The maximum atomic E-state index is 12.4. The van der Waals surface area contributed by atoms with E-state index in [1.54, 1.807) is 49.6 Å². The number of benzene rings is 2. The molecule has 136 valence electrons. The molecule has 0 aliphatic heterocycles. The fraction of sp³-hybridized carbons (Fsp3) is 0.263. The number of hydrogen-bond acceptors (Lipinski definition) is 4. The Morgan fingerprint density at radius 1 is 0.962 bits per heavy atom. The lowest BCUT2D eigenvalue weighted by Crippen LogP contribution is -2.20. The van der Waals surface area contributed by atoms with Gasteiger partial charge in [-0.05, 0) is 42.8 Å². The highest BCUT2D eigenvalue weighted by Gasteiger charge is 2.48. The number of carbonyl (C=O) groups is 2. The van der Waals surface area contributed by atoms with Crippen LogP contribution in [0.4, 0.5) is 11.4 Å². The van der Waals surface area contributed by atoms with Crippen molar-refractivity contribution in [3.8, 4) is 11.5 Å². The molecule has 7 heteroatoms. The van der Waals surface area contributed by atoms with E-state index in [0.717, 1.165) is 0 Å². The summed E-state index contributed by atoms with van der Waals surface area (Å²) < 4.78 is 10.4. The molecule has 2 atom stereocenters. The van der Waals surface area contributed by atoms with E-state index in [2.05, 4.69) is 10.6 Å². The van der Waals surface area contributed by atoms with E-state index >= 15 is 0 Å². The van der Waals surface area contributed by atoms with Gasteiger partial charge in [0.05, 0.1) is 31.7 Å². The molecular formula is C19H19ClN2O4. The van der Waals surface area contributed by atoms with Crippen molar-refractivity contribution in [2.45, 2.75) is 6.42 Å². The first kappa shape index (κ1) is 18.1. The maximum absolute atomic E-state index is 12.4. The number of carbonyl (C=O) groups excluding carboxylic acids is 2. The van der Waals surface area contributed by atoms with Crippen LogP contribution in [0.5, 0.6) is 11.5 Å². The Balaban J connectivity index is 1.60. The lowest BCUT2D eigenvalue weighted by atomic mass is 10.2. The molecule has 1 fully saturated rings.